The van der Waals surface area contributed by atoms with Crippen molar-refractivity contribution in [3.05, 3.63) is 63.4 Å². The number of aromatic nitrogens is 1. The van der Waals surface area contributed by atoms with Crippen LogP contribution >= 0.6 is 34.8 Å². The van der Waals surface area contributed by atoms with Crippen LogP contribution in [0.3, 0.4) is 0 Å². The Balaban J connectivity index is 2.01. The molecule has 1 N–H and O–H groups in total. The molecule has 2 rings (SSSR count). The molecule has 0 aliphatic rings. The van der Waals surface area contributed by atoms with E-state index in [1.165, 1.54) is 18.3 Å². The number of nitrogens with one attached hydrogen (secondary N) is 1. The number of amides is 1. The maximum Gasteiger partial charge on any atom is 0.270 e. The van der Waals surface area contributed by atoms with Crippen LogP contribution in [0.25, 0.3) is 0 Å². The topological polar surface area (TPSA) is 59.1 Å². The minimum absolute atomic E-state index is 0.0951. The summed E-state index contributed by atoms with van der Waals surface area (Å²) >= 11 is 17.0. The summed E-state index contributed by atoms with van der Waals surface area (Å²) in [6.07, 6.45) is 1.29. The highest BCUT2D eigenvalue weighted by atomic mass is 35.5. The summed E-state index contributed by atoms with van der Waals surface area (Å²) < 4.78 is 0. The second-order valence-corrected chi connectivity index (χ2v) is 5.29. The quantitative estimate of drug-likeness (QED) is 0.861. The molecule has 0 unspecified atom stereocenters. The van der Waals surface area contributed by atoms with Gasteiger partial charge in [0, 0.05) is 12.7 Å². The van der Waals surface area contributed by atoms with Crippen molar-refractivity contribution in [2.45, 2.75) is 6.54 Å². The highest BCUT2D eigenvalue weighted by Crippen LogP contribution is 2.22. The number of rotatable bonds is 4. The van der Waals surface area contributed by atoms with Gasteiger partial charge in [-0.2, -0.15) is 0 Å². The van der Waals surface area contributed by atoms with Gasteiger partial charge in [-0.3, -0.25) is 14.6 Å². The number of pyridine rings is 1. The lowest BCUT2D eigenvalue weighted by Crippen LogP contribution is -2.23. The van der Waals surface area contributed by atoms with Crippen molar-refractivity contribution in [2.75, 3.05) is 0 Å². The number of benzene rings is 1. The molecule has 1 amide bonds. The Morgan fingerprint density at radius 2 is 1.86 bits per heavy atom. The fraction of sp³-hybridized carbons (Fsp3) is 0.0714. The third-order valence-corrected chi connectivity index (χ3v) is 3.60. The SMILES string of the molecule is O=C(NCc1ccc(Cl)c(Cl)c1)c1ccc(C(=O)Cl)nc1. The highest BCUT2D eigenvalue weighted by Gasteiger charge is 2.09. The van der Waals surface area contributed by atoms with Crippen LogP contribution in [0, 0.1) is 0 Å². The Bertz CT molecular complexity index is 687. The normalized spacial score (nSPS) is 10.2. The van der Waals surface area contributed by atoms with Crippen molar-refractivity contribution < 1.29 is 9.59 Å². The van der Waals surface area contributed by atoms with Gasteiger partial charge in [0.2, 0.25) is 0 Å². The fourth-order valence-electron chi connectivity index (χ4n) is 1.58. The van der Waals surface area contributed by atoms with E-state index in [9.17, 15) is 9.59 Å². The first-order valence-corrected chi connectivity index (χ1v) is 6.99. The number of carbonyl (C=O) groups is 2. The maximum atomic E-state index is 11.9. The predicted octanol–water partition coefficient (Wildman–Crippen LogP) is 3.70. The molecule has 108 valence electrons. The predicted molar refractivity (Wildman–Crippen MR) is 82.1 cm³/mol. The van der Waals surface area contributed by atoms with Gasteiger partial charge < -0.3 is 5.32 Å². The van der Waals surface area contributed by atoms with Crippen LogP contribution in [0.2, 0.25) is 10.0 Å². The van der Waals surface area contributed by atoms with E-state index < -0.39 is 5.24 Å². The minimum Gasteiger partial charge on any atom is -0.348 e. The molecule has 0 aliphatic carbocycles. The van der Waals surface area contributed by atoms with Crippen LogP contribution in [0.4, 0.5) is 0 Å². The molecule has 0 aliphatic heterocycles. The molecule has 0 saturated carbocycles. The molecule has 7 heteroatoms. The van der Waals surface area contributed by atoms with Crippen molar-refractivity contribution in [3.8, 4) is 0 Å². The van der Waals surface area contributed by atoms with Gasteiger partial charge >= 0.3 is 0 Å². The molecule has 21 heavy (non-hydrogen) atoms. The lowest BCUT2D eigenvalue weighted by atomic mass is 10.2. The van der Waals surface area contributed by atoms with Gasteiger partial charge in [0.15, 0.2) is 0 Å². The summed E-state index contributed by atoms with van der Waals surface area (Å²) in [6.45, 7) is 0.298. The van der Waals surface area contributed by atoms with Gasteiger partial charge in [-0.05, 0) is 41.4 Å². The highest BCUT2D eigenvalue weighted by molar-refractivity contribution is 6.67. The Morgan fingerprint density at radius 3 is 2.43 bits per heavy atom. The molecule has 0 spiro atoms. The number of carbonyl (C=O) groups excluding carboxylic acids is 2. The van der Waals surface area contributed by atoms with E-state index in [0.29, 0.717) is 22.2 Å². The van der Waals surface area contributed by atoms with Crippen molar-refractivity contribution in [3.63, 3.8) is 0 Å². The summed E-state index contributed by atoms with van der Waals surface area (Å²) in [7, 11) is 0. The van der Waals surface area contributed by atoms with Crippen molar-refractivity contribution in [1.82, 2.24) is 10.3 Å². The fourth-order valence-corrected chi connectivity index (χ4v) is 2.01. The van der Waals surface area contributed by atoms with Crippen LogP contribution in [-0.4, -0.2) is 16.1 Å². The maximum absolute atomic E-state index is 11.9. The second-order valence-electron chi connectivity index (χ2n) is 4.14. The summed E-state index contributed by atoms with van der Waals surface area (Å²) in [5.41, 5.74) is 1.24. The molecular weight excluding hydrogens is 335 g/mol. The molecular formula is C14H9Cl3N2O2. The largest absolute Gasteiger partial charge is 0.348 e. The summed E-state index contributed by atoms with van der Waals surface area (Å²) in [6, 6.07) is 7.98. The monoisotopic (exact) mass is 342 g/mol. The lowest BCUT2D eigenvalue weighted by Gasteiger charge is -2.06. The average Bonchev–Trinajstić information content (AvgIpc) is 2.48. The van der Waals surface area contributed by atoms with E-state index >= 15 is 0 Å². The first kappa shape index (κ1) is 15.8. The molecule has 1 heterocycles. The van der Waals surface area contributed by atoms with Crippen LogP contribution < -0.4 is 5.32 Å². The van der Waals surface area contributed by atoms with E-state index in [0.717, 1.165) is 5.56 Å². The van der Waals surface area contributed by atoms with Gasteiger partial charge in [-0.15, -0.1) is 0 Å². The zero-order chi connectivity index (χ0) is 15.4. The molecule has 1 aromatic carbocycles. The third-order valence-electron chi connectivity index (χ3n) is 2.66. The second kappa shape index (κ2) is 6.89. The lowest BCUT2D eigenvalue weighted by molar-refractivity contribution is 0.0949. The smallest absolute Gasteiger partial charge is 0.270 e. The summed E-state index contributed by atoms with van der Waals surface area (Å²) in [4.78, 5) is 26.6. The number of hydrogen-bond acceptors (Lipinski definition) is 3. The van der Waals surface area contributed by atoms with Crippen LogP contribution in [-0.2, 0) is 6.54 Å². The molecule has 0 bridgehead atoms. The van der Waals surface area contributed by atoms with Gasteiger partial charge in [0.1, 0.15) is 5.69 Å². The Labute approximate surface area is 136 Å². The zero-order valence-corrected chi connectivity index (χ0v) is 12.8. The van der Waals surface area contributed by atoms with Crippen molar-refractivity contribution >= 4 is 46.0 Å². The van der Waals surface area contributed by atoms with Crippen molar-refractivity contribution in [1.29, 1.82) is 0 Å². The molecule has 0 atom stereocenters. The molecule has 1 aromatic heterocycles. The van der Waals surface area contributed by atoms with E-state index in [4.69, 9.17) is 34.8 Å². The first-order chi connectivity index (χ1) is 9.97. The van der Waals surface area contributed by atoms with Crippen molar-refractivity contribution in [2.24, 2.45) is 0 Å². The molecule has 2 aromatic rings. The summed E-state index contributed by atoms with van der Waals surface area (Å²) in [5.74, 6) is -0.317. The van der Waals surface area contributed by atoms with Crippen LogP contribution in [0.15, 0.2) is 36.5 Å². The molecule has 4 nitrogen and oxygen atoms in total. The average molecular weight is 344 g/mol. The Morgan fingerprint density at radius 1 is 1.10 bits per heavy atom. The first-order valence-electron chi connectivity index (χ1n) is 5.85. The molecule has 0 saturated heterocycles. The third kappa shape index (κ3) is 4.17. The summed E-state index contributed by atoms with van der Waals surface area (Å²) in [5, 5.41) is 2.93. The van der Waals surface area contributed by atoms with Gasteiger partial charge in [0.05, 0.1) is 15.6 Å². The van der Waals surface area contributed by atoms with E-state index in [1.54, 1.807) is 18.2 Å². The van der Waals surface area contributed by atoms with Gasteiger partial charge in [-0.25, -0.2) is 0 Å². The van der Waals surface area contributed by atoms with Crippen LogP contribution in [0.5, 0.6) is 0 Å². The standard InChI is InChI=1S/C14H9Cl3N2O2/c15-10-3-1-8(5-11(10)16)6-19-14(21)9-2-4-12(13(17)20)18-7-9/h1-5,7H,6H2,(H,19,21). The van der Waals surface area contributed by atoms with E-state index in [1.807, 2.05) is 0 Å². The molecule has 0 radical (unpaired) electrons. The zero-order valence-electron chi connectivity index (χ0n) is 10.6. The molecule has 0 fully saturated rings. The minimum atomic E-state index is -0.669. The Hall–Kier alpha value is -1.62. The Kier molecular flexibility index (Phi) is 5.17. The number of halogens is 3. The van der Waals surface area contributed by atoms with E-state index in [2.05, 4.69) is 10.3 Å². The van der Waals surface area contributed by atoms with Crippen LogP contribution in [0.1, 0.15) is 26.4 Å². The number of hydrogen-bond donors (Lipinski definition) is 1. The van der Waals surface area contributed by atoms with Gasteiger partial charge in [0.25, 0.3) is 11.1 Å². The van der Waals surface area contributed by atoms with Gasteiger partial charge in [-0.1, -0.05) is 29.3 Å². The number of nitrogens with zero attached hydrogens (tertiary/aromatic N) is 1. The van der Waals surface area contributed by atoms with E-state index in [-0.39, 0.29) is 11.6 Å².